The second-order valence-electron chi connectivity index (χ2n) is 3.98. The maximum Gasteiger partial charge on any atom is 0.326 e. The molecule has 5 heteroatoms. The van der Waals surface area contributed by atoms with Crippen molar-refractivity contribution < 1.29 is 13.0 Å². The predicted octanol–water partition coefficient (Wildman–Crippen LogP) is 2.02. The molecule has 0 amide bonds. The van der Waals surface area contributed by atoms with Gasteiger partial charge in [-0.25, -0.2) is 0 Å². The van der Waals surface area contributed by atoms with Gasteiger partial charge in [-0.15, -0.1) is 0 Å². The van der Waals surface area contributed by atoms with Gasteiger partial charge in [0.2, 0.25) is 0 Å². The summed E-state index contributed by atoms with van der Waals surface area (Å²) in [6, 6.07) is 10.4. The molecular formula is C12H12NO3S. The molecule has 0 N–H and O–H groups in total. The molecule has 0 unspecified atom stereocenters. The summed E-state index contributed by atoms with van der Waals surface area (Å²) in [5, 5.41) is 1.21. The van der Waals surface area contributed by atoms with Gasteiger partial charge in [0.25, 0.3) is 0 Å². The molecule has 2 rings (SSSR count). The van der Waals surface area contributed by atoms with Crippen LogP contribution in [-0.4, -0.2) is 22.5 Å². The normalized spacial score (nSPS) is 11.7. The van der Waals surface area contributed by atoms with Gasteiger partial charge in [-0.05, 0) is 11.5 Å². The third kappa shape index (κ3) is 2.11. The maximum atomic E-state index is 11.4. The van der Waals surface area contributed by atoms with Crippen LogP contribution in [0.4, 0.5) is 5.69 Å². The van der Waals surface area contributed by atoms with Crippen molar-refractivity contribution >= 4 is 26.6 Å². The van der Waals surface area contributed by atoms with Crippen LogP contribution in [0, 0.1) is 0 Å². The number of nitrogens with zero attached hydrogens (tertiary/aromatic N) is 1. The summed E-state index contributed by atoms with van der Waals surface area (Å²) in [7, 11) is -1.08. The van der Waals surface area contributed by atoms with E-state index >= 15 is 0 Å². The first-order chi connectivity index (χ1) is 7.91. The van der Waals surface area contributed by atoms with Crippen molar-refractivity contribution in [2.24, 2.45) is 0 Å². The van der Waals surface area contributed by atoms with Gasteiger partial charge in [0.1, 0.15) is 4.90 Å². The lowest BCUT2D eigenvalue weighted by atomic mass is 10.1. The largest absolute Gasteiger partial charge is 0.377 e. The quantitative estimate of drug-likeness (QED) is 0.819. The van der Waals surface area contributed by atoms with Crippen LogP contribution in [-0.2, 0) is 14.7 Å². The molecule has 0 atom stereocenters. The van der Waals surface area contributed by atoms with E-state index < -0.39 is 10.1 Å². The molecule has 0 saturated carbocycles. The Bertz CT molecular complexity index is 663. The van der Waals surface area contributed by atoms with Crippen molar-refractivity contribution in [3.63, 3.8) is 0 Å². The van der Waals surface area contributed by atoms with Crippen molar-refractivity contribution in [3.05, 3.63) is 36.4 Å². The zero-order valence-corrected chi connectivity index (χ0v) is 10.4. The summed E-state index contributed by atoms with van der Waals surface area (Å²) in [5.74, 6) is 0. The Hall–Kier alpha value is -1.59. The average molecular weight is 250 g/mol. The Morgan fingerprint density at radius 1 is 1.00 bits per heavy atom. The Morgan fingerprint density at radius 3 is 2.24 bits per heavy atom. The van der Waals surface area contributed by atoms with Crippen molar-refractivity contribution in [1.29, 1.82) is 0 Å². The summed E-state index contributed by atoms with van der Waals surface area (Å²) in [5.41, 5.74) is 0.415. The number of hydrogen-bond acceptors (Lipinski definition) is 3. The van der Waals surface area contributed by atoms with E-state index in [1.165, 1.54) is 0 Å². The molecule has 2 aromatic carbocycles. The first kappa shape index (κ1) is 11.9. The topological polar surface area (TPSA) is 57.3 Å². The molecule has 0 aromatic heterocycles. The van der Waals surface area contributed by atoms with Gasteiger partial charge in [0.05, 0.1) is 5.69 Å². The minimum Gasteiger partial charge on any atom is -0.377 e. The fraction of sp³-hybridized carbons (Fsp3) is 0.167. The lowest BCUT2D eigenvalue weighted by molar-refractivity contribution is 0.415. The van der Waals surface area contributed by atoms with Gasteiger partial charge >= 0.3 is 10.1 Å². The molecule has 4 nitrogen and oxygen atoms in total. The molecule has 0 aliphatic carbocycles. The Kier molecular flexibility index (Phi) is 2.81. The van der Waals surface area contributed by atoms with E-state index in [9.17, 15) is 13.0 Å². The number of hydrogen-bond donors (Lipinski definition) is 0. The van der Waals surface area contributed by atoms with Crippen molar-refractivity contribution in [1.82, 2.24) is 0 Å². The van der Waals surface area contributed by atoms with Crippen molar-refractivity contribution in [2.75, 3.05) is 19.0 Å². The molecule has 0 aliphatic rings. The number of benzene rings is 2. The highest BCUT2D eigenvalue weighted by molar-refractivity contribution is 7.86. The van der Waals surface area contributed by atoms with Crippen molar-refractivity contribution in [2.45, 2.75) is 4.90 Å². The monoisotopic (exact) mass is 250 g/mol. The molecule has 17 heavy (non-hydrogen) atoms. The number of anilines is 1. The lowest BCUT2D eigenvalue weighted by Gasteiger charge is -2.17. The molecule has 0 heterocycles. The first-order valence-corrected chi connectivity index (χ1v) is 6.47. The van der Waals surface area contributed by atoms with Crippen LogP contribution in [0.3, 0.4) is 0 Å². The molecule has 0 bridgehead atoms. The first-order valence-electron chi connectivity index (χ1n) is 5.06. The SMILES string of the molecule is CN(C)c1ccc2ccccc2c1S([O])(=O)=O. The Labute approximate surface area is 100 Å². The van der Waals surface area contributed by atoms with Crippen LogP contribution in [0.5, 0.6) is 0 Å². The standard InChI is InChI=1S/C12H12NO3S/c1-13(2)11-8-7-9-5-3-4-6-10(9)12(11)17(14,15)16/h3-8H,1-2H3. The van der Waals surface area contributed by atoms with E-state index in [1.807, 2.05) is 0 Å². The summed E-state index contributed by atoms with van der Waals surface area (Å²) in [4.78, 5) is 1.47. The summed E-state index contributed by atoms with van der Waals surface area (Å²) in [6.07, 6.45) is 0. The zero-order chi connectivity index (χ0) is 12.6. The van der Waals surface area contributed by atoms with E-state index in [4.69, 9.17) is 0 Å². The zero-order valence-electron chi connectivity index (χ0n) is 9.54. The molecule has 0 fully saturated rings. The molecule has 0 aliphatic heterocycles. The van der Waals surface area contributed by atoms with Crippen LogP contribution < -0.4 is 4.90 Å². The van der Waals surface area contributed by atoms with Gasteiger partial charge in [-0.3, -0.25) is 0 Å². The van der Waals surface area contributed by atoms with E-state index in [-0.39, 0.29) is 4.90 Å². The molecule has 1 radical (unpaired) electrons. The van der Waals surface area contributed by atoms with Crippen molar-refractivity contribution in [3.8, 4) is 0 Å². The molecular weight excluding hydrogens is 238 g/mol. The fourth-order valence-electron chi connectivity index (χ4n) is 1.85. The van der Waals surface area contributed by atoms with Gasteiger partial charge in [-0.1, -0.05) is 34.9 Å². The second kappa shape index (κ2) is 4.01. The molecule has 0 saturated heterocycles. The third-order valence-electron chi connectivity index (χ3n) is 2.59. The fourth-order valence-corrected chi connectivity index (χ4v) is 2.81. The highest BCUT2D eigenvalue weighted by Crippen LogP contribution is 2.31. The highest BCUT2D eigenvalue weighted by Gasteiger charge is 2.21. The molecule has 2 aromatic rings. The summed E-state index contributed by atoms with van der Waals surface area (Å²) >= 11 is 0. The lowest BCUT2D eigenvalue weighted by Crippen LogP contribution is -2.13. The van der Waals surface area contributed by atoms with Crippen LogP contribution in [0.25, 0.3) is 10.8 Å². The average Bonchev–Trinajstić information content (AvgIpc) is 2.26. The second-order valence-corrected chi connectivity index (χ2v) is 5.30. The number of fused-ring (bicyclic) bond motifs is 1. The van der Waals surface area contributed by atoms with Crippen LogP contribution in [0.1, 0.15) is 0 Å². The van der Waals surface area contributed by atoms with Gasteiger partial charge in [0.15, 0.2) is 0 Å². The van der Waals surface area contributed by atoms with E-state index in [0.717, 1.165) is 5.39 Å². The molecule has 89 valence electrons. The minimum atomic E-state index is -4.50. The highest BCUT2D eigenvalue weighted by atomic mass is 32.2. The van der Waals surface area contributed by atoms with Crippen LogP contribution >= 0.6 is 0 Å². The molecule has 0 spiro atoms. The van der Waals surface area contributed by atoms with Gasteiger partial charge in [-0.2, -0.15) is 8.42 Å². The van der Waals surface area contributed by atoms with E-state index in [1.54, 1.807) is 55.4 Å². The van der Waals surface area contributed by atoms with Gasteiger partial charge in [0, 0.05) is 19.5 Å². The van der Waals surface area contributed by atoms with Crippen LogP contribution in [0.2, 0.25) is 0 Å². The minimum absolute atomic E-state index is 0.152. The number of rotatable bonds is 2. The van der Waals surface area contributed by atoms with E-state index in [2.05, 4.69) is 0 Å². The Morgan fingerprint density at radius 2 is 1.65 bits per heavy atom. The maximum absolute atomic E-state index is 11.4. The van der Waals surface area contributed by atoms with E-state index in [0.29, 0.717) is 11.1 Å². The Balaban J connectivity index is 2.95. The van der Waals surface area contributed by atoms with Crippen LogP contribution in [0.15, 0.2) is 41.3 Å². The summed E-state index contributed by atoms with van der Waals surface area (Å²) in [6.45, 7) is 0. The third-order valence-corrected chi connectivity index (χ3v) is 3.52. The van der Waals surface area contributed by atoms with Gasteiger partial charge < -0.3 is 4.90 Å². The summed E-state index contributed by atoms with van der Waals surface area (Å²) < 4.78 is 34.2. The smallest absolute Gasteiger partial charge is 0.326 e. The predicted molar refractivity (Wildman–Crippen MR) is 66.1 cm³/mol.